The number of aromatic nitrogens is 1. The van der Waals surface area contributed by atoms with Crippen molar-refractivity contribution in [2.24, 2.45) is 0 Å². The van der Waals surface area contributed by atoms with E-state index in [9.17, 15) is 13.2 Å². The predicted octanol–water partition coefficient (Wildman–Crippen LogP) is 6.18. The highest BCUT2D eigenvalue weighted by molar-refractivity contribution is 5.85. The van der Waals surface area contributed by atoms with E-state index in [1.165, 1.54) is 48.0 Å². The van der Waals surface area contributed by atoms with Crippen LogP contribution in [0, 0.1) is 0 Å². The highest BCUT2D eigenvalue weighted by atomic mass is 19.4. The van der Waals surface area contributed by atoms with Gasteiger partial charge in [-0.3, -0.25) is 9.88 Å². The number of anilines is 2. The van der Waals surface area contributed by atoms with E-state index in [4.69, 9.17) is 0 Å². The summed E-state index contributed by atoms with van der Waals surface area (Å²) in [5.74, 6) is -0.204. The number of nitrogens with zero attached hydrogens (tertiary/aromatic N) is 4. The van der Waals surface area contributed by atoms with Gasteiger partial charge in [-0.2, -0.15) is 0 Å². The molecule has 3 aromatic rings. The van der Waals surface area contributed by atoms with Crippen LogP contribution >= 0.6 is 0 Å². The number of rotatable bonds is 5. The van der Waals surface area contributed by atoms with E-state index in [2.05, 4.69) is 62.5 Å². The van der Waals surface area contributed by atoms with Gasteiger partial charge in [-0.1, -0.05) is 0 Å². The molecule has 35 heavy (non-hydrogen) atoms. The fourth-order valence-electron chi connectivity index (χ4n) is 5.19. The smallest absolute Gasteiger partial charge is 0.406 e. The SMILES string of the molecule is CC1(C)CN(c2ccc(OC(F)(F)F)cc2)CN1Cc1ccnc2ccc(N3CCCCC3)cc12. The van der Waals surface area contributed by atoms with Crippen LogP contribution in [0.5, 0.6) is 5.75 Å². The van der Waals surface area contributed by atoms with Gasteiger partial charge in [-0.15, -0.1) is 13.2 Å². The molecule has 0 radical (unpaired) electrons. The number of benzene rings is 2. The van der Waals surface area contributed by atoms with Gasteiger partial charge in [0.05, 0.1) is 12.2 Å². The van der Waals surface area contributed by atoms with Crippen molar-refractivity contribution < 1.29 is 17.9 Å². The molecule has 186 valence electrons. The van der Waals surface area contributed by atoms with Crippen LogP contribution in [0.3, 0.4) is 0 Å². The minimum Gasteiger partial charge on any atom is -0.406 e. The first-order valence-electron chi connectivity index (χ1n) is 12.2. The number of hydrogen-bond acceptors (Lipinski definition) is 5. The molecule has 2 fully saturated rings. The van der Waals surface area contributed by atoms with Crippen molar-refractivity contribution in [3.63, 3.8) is 0 Å². The van der Waals surface area contributed by atoms with E-state index >= 15 is 0 Å². The van der Waals surface area contributed by atoms with Crippen LogP contribution in [0.15, 0.2) is 54.7 Å². The van der Waals surface area contributed by atoms with Crippen molar-refractivity contribution in [2.75, 3.05) is 36.1 Å². The molecule has 0 aliphatic carbocycles. The zero-order chi connectivity index (χ0) is 24.6. The molecule has 0 unspecified atom stereocenters. The second kappa shape index (κ2) is 9.22. The number of alkyl halides is 3. The molecule has 1 aromatic heterocycles. The summed E-state index contributed by atoms with van der Waals surface area (Å²) in [7, 11) is 0. The van der Waals surface area contributed by atoms with Crippen LogP contribution in [-0.4, -0.2) is 48.1 Å². The number of piperidine rings is 1. The lowest BCUT2D eigenvalue weighted by atomic mass is 10.0. The third kappa shape index (κ3) is 5.32. The highest BCUT2D eigenvalue weighted by Gasteiger charge is 2.37. The molecule has 5 nitrogen and oxygen atoms in total. The third-order valence-electron chi connectivity index (χ3n) is 7.11. The maximum atomic E-state index is 12.5. The number of fused-ring (bicyclic) bond motifs is 1. The maximum absolute atomic E-state index is 12.5. The molecule has 0 amide bonds. The number of halogens is 3. The first-order valence-corrected chi connectivity index (χ1v) is 12.2. The van der Waals surface area contributed by atoms with Crippen molar-refractivity contribution in [1.82, 2.24) is 9.88 Å². The summed E-state index contributed by atoms with van der Waals surface area (Å²) in [6.45, 7) is 8.83. The second-order valence-electron chi connectivity index (χ2n) is 10.1. The Kier molecular flexibility index (Phi) is 6.25. The molecule has 8 heteroatoms. The van der Waals surface area contributed by atoms with Gasteiger partial charge in [-0.05, 0) is 87.2 Å². The fourth-order valence-corrected chi connectivity index (χ4v) is 5.19. The third-order valence-corrected chi connectivity index (χ3v) is 7.11. The Morgan fingerprint density at radius 2 is 1.63 bits per heavy atom. The lowest BCUT2D eigenvalue weighted by Crippen LogP contribution is -2.39. The van der Waals surface area contributed by atoms with Crippen molar-refractivity contribution >= 4 is 22.3 Å². The lowest BCUT2D eigenvalue weighted by Gasteiger charge is -2.31. The second-order valence-corrected chi connectivity index (χ2v) is 10.1. The first kappa shape index (κ1) is 23.7. The molecule has 0 saturated carbocycles. The van der Waals surface area contributed by atoms with Crippen molar-refractivity contribution in [3.8, 4) is 5.75 Å². The normalized spacial score (nSPS) is 18.9. The fraction of sp³-hybridized carbons (Fsp3) is 0.444. The molecule has 0 N–H and O–H groups in total. The Labute approximate surface area is 204 Å². The average Bonchev–Trinajstić information content (AvgIpc) is 3.13. The minimum atomic E-state index is -4.69. The largest absolute Gasteiger partial charge is 0.573 e. The van der Waals surface area contributed by atoms with Crippen LogP contribution in [0.1, 0.15) is 38.7 Å². The van der Waals surface area contributed by atoms with Gasteiger partial charge in [0.2, 0.25) is 0 Å². The Morgan fingerprint density at radius 1 is 0.914 bits per heavy atom. The Balaban J connectivity index is 1.35. The quantitative estimate of drug-likeness (QED) is 0.432. The van der Waals surface area contributed by atoms with E-state index in [0.29, 0.717) is 6.67 Å². The monoisotopic (exact) mass is 484 g/mol. The summed E-state index contributed by atoms with van der Waals surface area (Å²) in [5, 5.41) is 1.18. The Hall–Kier alpha value is -3.00. The molecule has 0 bridgehead atoms. The van der Waals surface area contributed by atoms with Gasteiger partial charge in [-0.25, -0.2) is 0 Å². The van der Waals surface area contributed by atoms with Gasteiger partial charge in [0, 0.05) is 54.7 Å². The van der Waals surface area contributed by atoms with E-state index in [-0.39, 0.29) is 11.3 Å². The summed E-state index contributed by atoms with van der Waals surface area (Å²) in [4.78, 5) is 11.7. The van der Waals surface area contributed by atoms with Crippen LogP contribution in [0.25, 0.3) is 10.9 Å². The van der Waals surface area contributed by atoms with Gasteiger partial charge in [0.25, 0.3) is 0 Å². The standard InChI is InChI=1S/C27H31F3N4O/c1-26(2)18-33(21-6-9-23(10-7-21)35-27(28,29)30)19-34(26)17-20-12-13-31-25-11-8-22(16-24(20)25)32-14-4-3-5-15-32/h6-13,16H,3-5,14-15,17-19H2,1-2H3. The van der Waals surface area contributed by atoms with E-state index < -0.39 is 6.36 Å². The molecular formula is C27H31F3N4O. The zero-order valence-corrected chi connectivity index (χ0v) is 20.2. The molecule has 5 rings (SSSR count). The van der Waals surface area contributed by atoms with Crippen LogP contribution in [0.4, 0.5) is 24.5 Å². The predicted molar refractivity (Wildman–Crippen MR) is 133 cm³/mol. The van der Waals surface area contributed by atoms with Gasteiger partial charge in [0.15, 0.2) is 0 Å². The molecule has 0 atom stereocenters. The average molecular weight is 485 g/mol. The summed E-state index contributed by atoms with van der Waals surface area (Å²) in [6, 6.07) is 14.8. The maximum Gasteiger partial charge on any atom is 0.573 e. The van der Waals surface area contributed by atoms with Gasteiger partial charge in [0.1, 0.15) is 5.75 Å². The van der Waals surface area contributed by atoms with E-state index in [0.717, 1.165) is 37.4 Å². The molecule has 2 saturated heterocycles. The molecule has 2 aromatic carbocycles. The molecule has 0 spiro atoms. The summed E-state index contributed by atoms with van der Waals surface area (Å²) < 4.78 is 41.5. The molecule has 3 heterocycles. The number of ether oxygens (including phenoxy) is 1. The van der Waals surface area contributed by atoms with Crippen molar-refractivity contribution in [3.05, 3.63) is 60.3 Å². The van der Waals surface area contributed by atoms with E-state index in [1.54, 1.807) is 12.1 Å². The van der Waals surface area contributed by atoms with Gasteiger partial charge >= 0.3 is 6.36 Å². The number of pyridine rings is 1. The number of hydrogen-bond donors (Lipinski definition) is 0. The van der Waals surface area contributed by atoms with Crippen LogP contribution < -0.4 is 14.5 Å². The lowest BCUT2D eigenvalue weighted by molar-refractivity contribution is -0.274. The van der Waals surface area contributed by atoms with Crippen molar-refractivity contribution in [2.45, 2.75) is 51.6 Å². The molecule has 2 aliphatic rings. The molecule has 2 aliphatic heterocycles. The minimum absolute atomic E-state index is 0.110. The Morgan fingerprint density at radius 3 is 2.34 bits per heavy atom. The summed E-state index contributed by atoms with van der Waals surface area (Å²) >= 11 is 0. The zero-order valence-electron chi connectivity index (χ0n) is 20.2. The summed E-state index contributed by atoms with van der Waals surface area (Å²) in [5.41, 5.74) is 4.26. The van der Waals surface area contributed by atoms with E-state index in [1.807, 2.05) is 6.20 Å². The summed E-state index contributed by atoms with van der Waals surface area (Å²) in [6.07, 6.45) is 0.960. The van der Waals surface area contributed by atoms with Crippen LogP contribution in [0.2, 0.25) is 0 Å². The van der Waals surface area contributed by atoms with Crippen molar-refractivity contribution in [1.29, 1.82) is 0 Å². The topological polar surface area (TPSA) is 31.8 Å². The van der Waals surface area contributed by atoms with Gasteiger partial charge < -0.3 is 14.5 Å². The highest BCUT2D eigenvalue weighted by Crippen LogP contribution is 2.34. The Bertz CT molecular complexity index is 1170. The van der Waals surface area contributed by atoms with Crippen LogP contribution in [-0.2, 0) is 6.54 Å². The molecular weight excluding hydrogens is 453 g/mol. The first-order chi connectivity index (χ1) is 16.7.